The smallest absolute Gasteiger partial charge is 0.335 e. The number of carboxylic acid groups (broad SMARTS) is 1. The number of halogens is 2. The van der Waals surface area contributed by atoms with Crippen LogP contribution in [0.2, 0.25) is 0 Å². The number of aromatic carboxylic acids is 1. The van der Waals surface area contributed by atoms with Gasteiger partial charge in [0.1, 0.15) is 5.75 Å². The average Bonchev–Trinajstić information content (AvgIpc) is 2.38. The van der Waals surface area contributed by atoms with Gasteiger partial charge in [-0.15, -0.1) is 0 Å². The molecule has 0 unspecified atom stereocenters. The number of carbonyl (C=O) groups is 1. The largest absolute Gasteiger partial charge is 0.478 e. The molecule has 2 aromatic rings. The van der Waals surface area contributed by atoms with Crippen LogP contribution >= 0.6 is 0 Å². The van der Waals surface area contributed by atoms with Crippen LogP contribution < -0.4 is 4.74 Å². The van der Waals surface area contributed by atoms with Crippen molar-refractivity contribution in [1.82, 2.24) is 0 Å². The number of carboxylic acids is 1. The molecule has 0 heterocycles. The van der Waals surface area contributed by atoms with Gasteiger partial charge in [-0.1, -0.05) is 6.07 Å². The van der Waals surface area contributed by atoms with Crippen molar-refractivity contribution in [3.05, 3.63) is 58.2 Å². The summed E-state index contributed by atoms with van der Waals surface area (Å²) in [7, 11) is 0. The highest BCUT2D eigenvalue weighted by molar-refractivity contribution is 5.87. The van der Waals surface area contributed by atoms with Gasteiger partial charge < -0.3 is 9.84 Å². The fourth-order valence-corrected chi connectivity index (χ4v) is 2.00. The molecular formula is C16H14F2O3. The van der Waals surface area contributed by atoms with E-state index >= 15 is 0 Å². The normalized spacial score (nSPS) is 10.5. The molecular weight excluding hydrogens is 278 g/mol. The Balaban J connectivity index is 2.48. The second kappa shape index (κ2) is 5.52. The number of hydrogen-bond donors (Lipinski definition) is 1. The predicted molar refractivity (Wildman–Crippen MR) is 74.0 cm³/mol. The fraction of sp³-hybridized carbons (Fsp3) is 0.188. The molecule has 0 aliphatic rings. The van der Waals surface area contributed by atoms with Crippen molar-refractivity contribution in [3.8, 4) is 11.5 Å². The van der Waals surface area contributed by atoms with Crippen LogP contribution in [0.5, 0.6) is 11.5 Å². The van der Waals surface area contributed by atoms with Crippen LogP contribution in [0.3, 0.4) is 0 Å². The average molecular weight is 292 g/mol. The molecule has 0 atom stereocenters. The molecule has 3 nitrogen and oxygen atoms in total. The fourth-order valence-electron chi connectivity index (χ4n) is 2.00. The monoisotopic (exact) mass is 292 g/mol. The standard InChI is InChI=1S/C16H14F2O3/c1-8-4-9(2)10(3)14(5-8)21-15-12(17)6-11(16(19)20)7-13(15)18/h4-7H,1-3H3,(H,19,20). The number of aryl methyl sites for hydroxylation is 2. The molecule has 0 aliphatic heterocycles. The van der Waals surface area contributed by atoms with Crippen molar-refractivity contribution in [2.24, 2.45) is 0 Å². The maximum absolute atomic E-state index is 13.9. The summed E-state index contributed by atoms with van der Waals surface area (Å²) >= 11 is 0. The summed E-state index contributed by atoms with van der Waals surface area (Å²) in [5, 5.41) is 8.76. The lowest BCUT2D eigenvalue weighted by molar-refractivity contribution is 0.0695. The number of ether oxygens (including phenoxy) is 1. The first-order chi connectivity index (χ1) is 9.79. The molecule has 2 aromatic carbocycles. The summed E-state index contributed by atoms with van der Waals surface area (Å²) in [4.78, 5) is 10.7. The zero-order valence-corrected chi connectivity index (χ0v) is 11.8. The van der Waals surface area contributed by atoms with E-state index in [-0.39, 0.29) is 0 Å². The Bertz CT molecular complexity index is 701. The van der Waals surface area contributed by atoms with E-state index < -0.39 is 28.9 Å². The maximum atomic E-state index is 13.9. The summed E-state index contributed by atoms with van der Waals surface area (Å²) in [5.41, 5.74) is 2.14. The molecule has 21 heavy (non-hydrogen) atoms. The lowest BCUT2D eigenvalue weighted by atomic mass is 10.1. The third-order valence-corrected chi connectivity index (χ3v) is 3.22. The zero-order chi connectivity index (χ0) is 15.7. The van der Waals surface area contributed by atoms with Gasteiger partial charge in [0, 0.05) is 0 Å². The Morgan fingerprint density at radius 1 is 1.05 bits per heavy atom. The van der Waals surface area contributed by atoms with Crippen molar-refractivity contribution in [1.29, 1.82) is 0 Å². The summed E-state index contributed by atoms with van der Waals surface area (Å²) < 4.78 is 33.0. The number of hydrogen-bond acceptors (Lipinski definition) is 2. The molecule has 0 saturated heterocycles. The van der Waals surface area contributed by atoms with E-state index in [0.29, 0.717) is 5.75 Å². The van der Waals surface area contributed by atoms with E-state index in [1.54, 1.807) is 13.0 Å². The van der Waals surface area contributed by atoms with Crippen molar-refractivity contribution in [2.45, 2.75) is 20.8 Å². The van der Waals surface area contributed by atoms with Gasteiger partial charge in [-0.2, -0.15) is 0 Å². The van der Waals surface area contributed by atoms with E-state index in [9.17, 15) is 13.6 Å². The molecule has 0 saturated carbocycles. The molecule has 0 aliphatic carbocycles. The van der Waals surface area contributed by atoms with Crippen molar-refractivity contribution in [3.63, 3.8) is 0 Å². The van der Waals surface area contributed by atoms with Gasteiger partial charge >= 0.3 is 5.97 Å². The Labute approximate surface area is 120 Å². The molecule has 0 spiro atoms. The third kappa shape index (κ3) is 3.02. The summed E-state index contributed by atoms with van der Waals surface area (Å²) in [6.07, 6.45) is 0. The molecule has 1 N–H and O–H groups in total. The highest BCUT2D eigenvalue weighted by atomic mass is 19.1. The van der Waals surface area contributed by atoms with E-state index in [4.69, 9.17) is 9.84 Å². The first kappa shape index (κ1) is 15.0. The van der Waals surface area contributed by atoms with Gasteiger partial charge in [0.05, 0.1) is 5.56 Å². The highest BCUT2D eigenvalue weighted by Crippen LogP contribution is 2.32. The molecule has 0 radical (unpaired) electrons. The van der Waals surface area contributed by atoms with Gasteiger partial charge in [0.25, 0.3) is 0 Å². The topological polar surface area (TPSA) is 46.5 Å². The predicted octanol–water partition coefficient (Wildman–Crippen LogP) is 4.38. The minimum atomic E-state index is -1.40. The molecule has 5 heteroatoms. The second-order valence-corrected chi connectivity index (χ2v) is 4.88. The van der Waals surface area contributed by atoms with E-state index in [1.165, 1.54) is 0 Å². The van der Waals surface area contributed by atoms with Crippen LogP contribution in [0.15, 0.2) is 24.3 Å². The summed E-state index contributed by atoms with van der Waals surface area (Å²) in [5.74, 6) is -3.76. The van der Waals surface area contributed by atoms with E-state index in [1.807, 2.05) is 19.9 Å². The molecule has 0 bridgehead atoms. The Morgan fingerprint density at radius 3 is 2.14 bits per heavy atom. The number of rotatable bonds is 3. The molecule has 110 valence electrons. The maximum Gasteiger partial charge on any atom is 0.335 e. The van der Waals surface area contributed by atoms with E-state index in [2.05, 4.69) is 0 Å². The van der Waals surface area contributed by atoms with E-state index in [0.717, 1.165) is 28.8 Å². The van der Waals surface area contributed by atoms with Gasteiger partial charge in [-0.3, -0.25) is 0 Å². The van der Waals surface area contributed by atoms with Gasteiger partial charge in [-0.05, 0) is 55.7 Å². The van der Waals surface area contributed by atoms with Gasteiger partial charge in [0.15, 0.2) is 17.4 Å². The molecule has 0 amide bonds. The van der Waals surface area contributed by atoms with Crippen LogP contribution in [0.4, 0.5) is 8.78 Å². The number of benzene rings is 2. The molecule has 0 aromatic heterocycles. The first-order valence-corrected chi connectivity index (χ1v) is 6.27. The lowest BCUT2D eigenvalue weighted by Crippen LogP contribution is -2.02. The third-order valence-electron chi connectivity index (χ3n) is 3.22. The van der Waals surface area contributed by atoms with Crippen LogP contribution in [-0.2, 0) is 0 Å². The van der Waals surface area contributed by atoms with Crippen LogP contribution in [-0.4, -0.2) is 11.1 Å². The minimum Gasteiger partial charge on any atom is -0.478 e. The van der Waals surface area contributed by atoms with Gasteiger partial charge in [0.2, 0.25) is 0 Å². The Hall–Kier alpha value is -2.43. The highest BCUT2D eigenvalue weighted by Gasteiger charge is 2.17. The summed E-state index contributed by atoms with van der Waals surface area (Å²) in [6.45, 7) is 5.50. The SMILES string of the molecule is Cc1cc(C)c(C)c(Oc2c(F)cc(C(=O)O)cc2F)c1. The Morgan fingerprint density at radius 2 is 1.62 bits per heavy atom. The van der Waals surface area contributed by atoms with Crippen LogP contribution in [0.1, 0.15) is 27.0 Å². The lowest BCUT2D eigenvalue weighted by Gasteiger charge is -2.13. The second-order valence-electron chi connectivity index (χ2n) is 4.88. The van der Waals surface area contributed by atoms with Crippen LogP contribution in [0, 0.1) is 32.4 Å². The van der Waals surface area contributed by atoms with Crippen molar-refractivity contribution >= 4 is 5.97 Å². The van der Waals surface area contributed by atoms with Crippen LogP contribution in [0.25, 0.3) is 0 Å². The molecule has 2 rings (SSSR count). The zero-order valence-electron chi connectivity index (χ0n) is 11.8. The molecule has 0 fully saturated rings. The first-order valence-electron chi connectivity index (χ1n) is 6.27. The van der Waals surface area contributed by atoms with Crippen molar-refractivity contribution < 1.29 is 23.4 Å². The van der Waals surface area contributed by atoms with Gasteiger partial charge in [-0.25, -0.2) is 13.6 Å². The Kier molecular flexibility index (Phi) is 3.93. The minimum absolute atomic E-state index is 0.341. The van der Waals surface area contributed by atoms with Crippen molar-refractivity contribution in [2.75, 3.05) is 0 Å². The quantitative estimate of drug-likeness (QED) is 0.913. The summed E-state index contributed by atoms with van der Waals surface area (Å²) in [6, 6.07) is 5.08.